The van der Waals surface area contributed by atoms with Crippen LogP contribution in [-0.4, -0.2) is 62.7 Å². The average molecular weight is 418 g/mol. The largest absolute Gasteiger partial charge is 0.359 e. The molecule has 1 fully saturated rings. The van der Waals surface area contributed by atoms with Crippen LogP contribution in [0.15, 0.2) is 23.3 Å². The lowest BCUT2D eigenvalue weighted by molar-refractivity contribution is 0.270. The lowest BCUT2D eigenvalue weighted by atomic mass is 10.2. The van der Waals surface area contributed by atoms with Gasteiger partial charge in [0.15, 0.2) is 5.96 Å². The summed E-state index contributed by atoms with van der Waals surface area (Å²) in [6.45, 7) is 8.44. The number of likely N-dealkylation sites (N-methyl/N-ethyl adjacent to an activating group) is 1. The molecule has 0 saturated carbocycles. The molecule has 1 aromatic rings. The summed E-state index contributed by atoms with van der Waals surface area (Å²) in [5, 5.41) is 6.28. The maximum Gasteiger partial charge on any atom is 0.190 e. The molecule has 1 aliphatic heterocycles. The van der Waals surface area contributed by atoms with Gasteiger partial charge in [-0.05, 0) is 24.2 Å². The second-order valence-corrected chi connectivity index (χ2v) is 5.12. The number of nitrogens with zero attached hydrogens (tertiary/aromatic N) is 4. The van der Waals surface area contributed by atoms with Crippen molar-refractivity contribution in [2.45, 2.75) is 13.5 Å². The van der Waals surface area contributed by atoms with E-state index in [-0.39, 0.29) is 24.0 Å². The Balaban J connectivity index is 0.00000242. The Kier molecular flexibility index (Phi) is 8.47. The lowest BCUT2D eigenvalue weighted by Crippen LogP contribution is -2.46. The summed E-state index contributed by atoms with van der Waals surface area (Å²) in [4.78, 5) is 13.5. The van der Waals surface area contributed by atoms with Crippen LogP contribution in [0.3, 0.4) is 0 Å². The van der Waals surface area contributed by atoms with Gasteiger partial charge in [-0.15, -0.1) is 24.0 Å². The molecule has 2 heterocycles. The van der Waals surface area contributed by atoms with Crippen molar-refractivity contribution in [1.29, 1.82) is 0 Å². The van der Waals surface area contributed by atoms with E-state index in [1.165, 1.54) is 5.56 Å². The maximum absolute atomic E-state index is 4.52. The number of halogens is 1. The first-order valence-corrected chi connectivity index (χ1v) is 7.57. The summed E-state index contributed by atoms with van der Waals surface area (Å²) >= 11 is 0. The highest BCUT2D eigenvalue weighted by molar-refractivity contribution is 14.0. The molecule has 124 valence electrons. The number of hydrogen-bond donors (Lipinski definition) is 2. The van der Waals surface area contributed by atoms with E-state index in [4.69, 9.17) is 0 Å². The zero-order valence-corrected chi connectivity index (χ0v) is 16.0. The van der Waals surface area contributed by atoms with Gasteiger partial charge in [-0.3, -0.25) is 4.99 Å². The number of guanidine groups is 1. The van der Waals surface area contributed by atoms with E-state index in [2.05, 4.69) is 43.4 Å². The van der Waals surface area contributed by atoms with Crippen molar-refractivity contribution >= 4 is 35.8 Å². The van der Waals surface area contributed by atoms with Crippen molar-refractivity contribution in [3.8, 4) is 0 Å². The van der Waals surface area contributed by atoms with Crippen molar-refractivity contribution in [1.82, 2.24) is 20.5 Å². The van der Waals surface area contributed by atoms with Crippen molar-refractivity contribution < 1.29 is 0 Å². The number of rotatable bonds is 4. The molecule has 0 bridgehead atoms. The third-order valence-electron chi connectivity index (χ3n) is 3.87. The van der Waals surface area contributed by atoms with E-state index in [1.807, 2.05) is 19.3 Å². The minimum Gasteiger partial charge on any atom is -0.359 e. The fraction of sp³-hybridized carbons (Fsp3) is 0.600. The quantitative estimate of drug-likeness (QED) is 0.437. The highest BCUT2D eigenvalue weighted by Gasteiger charge is 2.16. The van der Waals surface area contributed by atoms with Gasteiger partial charge in [0.25, 0.3) is 0 Å². The van der Waals surface area contributed by atoms with Gasteiger partial charge in [-0.2, -0.15) is 0 Å². The molecule has 22 heavy (non-hydrogen) atoms. The number of aromatic nitrogens is 1. The van der Waals surface area contributed by atoms with Crippen LogP contribution >= 0.6 is 24.0 Å². The molecule has 0 aromatic carbocycles. The van der Waals surface area contributed by atoms with Gasteiger partial charge >= 0.3 is 0 Å². The van der Waals surface area contributed by atoms with Crippen LogP contribution in [0.5, 0.6) is 0 Å². The van der Waals surface area contributed by atoms with E-state index in [9.17, 15) is 0 Å². The Morgan fingerprint density at radius 3 is 2.64 bits per heavy atom. The first kappa shape index (κ1) is 19.0. The van der Waals surface area contributed by atoms with Crippen LogP contribution in [-0.2, 0) is 6.54 Å². The Bertz CT molecular complexity index is 471. The number of anilines is 1. The van der Waals surface area contributed by atoms with Crippen LogP contribution in [0.25, 0.3) is 0 Å². The summed E-state index contributed by atoms with van der Waals surface area (Å²) in [6, 6.07) is 4.21. The fourth-order valence-electron chi connectivity index (χ4n) is 2.50. The summed E-state index contributed by atoms with van der Waals surface area (Å²) in [5.74, 6) is 1.87. The van der Waals surface area contributed by atoms with E-state index >= 15 is 0 Å². The summed E-state index contributed by atoms with van der Waals surface area (Å²) in [6.07, 6.45) is 1.89. The second-order valence-electron chi connectivity index (χ2n) is 5.12. The van der Waals surface area contributed by atoms with Gasteiger partial charge in [0.2, 0.25) is 0 Å². The molecule has 1 saturated heterocycles. The van der Waals surface area contributed by atoms with Gasteiger partial charge < -0.3 is 20.4 Å². The van der Waals surface area contributed by atoms with E-state index < -0.39 is 0 Å². The third kappa shape index (κ3) is 5.28. The standard InChI is InChI=1S/C15H26N6.HI/c1-4-20-7-9-21(10-8-20)14-11-13(5-6-18-14)12-19-15(16-2)17-3;/h5-6,11H,4,7-10,12H2,1-3H3,(H2,16,17,19);1H. The molecule has 2 N–H and O–H groups in total. The maximum atomic E-state index is 4.52. The molecule has 0 radical (unpaired) electrons. The minimum atomic E-state index is 0. The summed E-state index contributed by atoms with van der Waals surface area (Å²) in [5.41, 5.74) is 1.22. The Morgan fingerprint density at radius 1 is 1.32 bits per heavy atom. The molecule has 2 rings (SSSR count). The van der Waals surface area contributed by atoms with Crippen LogP contribution in [0.1, 0.15) is 12.5 Å². The molecule has 1 aromatic heterocycles. The molecule has 0 spiro atoms. The Morgan fingerprint density at radius 2 is 2.05 bits per heavy atom. The van der Waals surface area contributed by atoms with E-state index in [0.29, 0.717) is 0 Å². The van der Waals surface area contributed by atoms with Gasteiger partial charge in [0, 0.05) is 53.0 Å². The van der Waals surface area contributed by atoms with Crippen molar-refractivity contribution in [2.24, 2.45) is 4.99 Å². The van der Waals surface area contributed by atoms with Gasteiger partial charge in [0.1, 0.15) is 5.82 Å². The summed E-state index contributed by atoms with van der Waals surface area (Å²) < 4.78 is 0. The normalized spacial score (nSPS) is 16.1. The molecule has 0 unspecified atom stereocenters. The van der Waals surface area contributed by atoms with Gasteiger partial charge in [-0.1, -0.05) is 6.92 Å². The molecule has 6 nitrogen and oxygen atoms in total. The SMILES string of the molecule is CCN1CCN(c2cc(CNC(=NC)NC)ccn2)CC1.I. The molecule has 0 atom stereocenters. The second kappa shape index (κ2) is 9.83. The zero-order valence-electron chi connectivity index (χ0n) is 13.7. The summed E-state index contributed by atoms with van der Waals surface area (Å²) in [7, 11) is 3.63. The Labute approximate surface area is 150 Å². The van der Waals surface area contributed by atoms with Crippen molar-refractivity contribution in [3.63, 3.8) is 0 Å². The van der Waals surface area contributed by atoms with Crippen LogP contribution in [0.4, 0.5) is 5.82 Å². The van der Waals surface area contributed by atoms with Crippen LogP contribution in [0, 0.1) is 0 Å². The molecular weight excluding hydrogens is 391 g/mol. The number of hydrogen-bond acceptors (Lipinski definition) is 4. The molecule has 0 aliphatic carbocycles. The predicted octanol–water partition coefficient (Wildman–Crippen LogP) is 1.14. The van der Waals surface area contributed by atoms with E-state index in [0.717, 1.165) is 51.0 Å². The fourth-order valence-corrected chi connectivity index (χ4v) is 2.50. The van der Waals surface area contributed by atoms with Crippen molar-refractivity contribution in [2.75, 3.05) is 51.7 Å². The van der Waals surface area contributed by atoms with Crippen LogP contribution in [0.2, 0.25) is 0 Å². The number of pyridine rings is 1. The minimum absolute atomic E-state index is 0. The average Bonchev–Trinajstić information content (AvgIpc) is 2.56. The molecule has 1 aliphatic rings. The topological polar surface area (TPSA) is 55.8 Å². The highest BCUT2D eigenvalue weighted by Crippen LogP contribution is 2.15. The highest BCUT2D eigenvalue weighted by atomic mass is 127. The zero-order chi connectivity index (χ0) is 15.1. The molecular formula is C15H27IN6. The predicted molar refractivity (Wildman–Crippen MR) is 103 cm³/mol. The number of piperazine rings is 1. The third-order valence-corrected chi connectivity index (χ3v) is 3.87. The van der Waals surface area contributed by atoms with Crippen molar-refractivity contribution in [3.05, 3.63) is 23.9 Å². The molecule has 7 heteroatoms. The van der Waals surface area contributed by atoms with Crippen LogP contribution < -0.4 is 15.5 Å². The molecule has 0 amide bonds. The first-order chi connectivity index (χ1) is 10.3. The van der Waals surface area contributed by atoms with Gasteiger partial charge in [0.05, 0.1) is 0 Å². The number of nitrogens with one attached hydrogen (secondary N) is 2. The smallest absolute Gasteiger partial charge is 0.190 e. The monoisotopic (exact) mass is 418 g/mol. The van der Waals surface area contributed by atoms with E-state index in [1.54, 1.807) is 7.05 Å². The first-order valence-electron chi connectivity index (χ1n) is 7.57. The van der Waals surface area contributed by atoms with Gasteiger partial charge in [-0.25, -0.2) is 4.98 Å². The lowest BCUT2D eigenvalue weighted by Gasteiger charge is -2.34. The number of aliphatic imine (C=N–C) groups is 1. The Hall–Kier alpha value is -1.09.